The number of unbranched alkanes of at least 4 members (excludes halogenated alkanes) is 3. The van der Waals surface area contributed by atoms with Gasteiger partial charge in [0.15, 0.2) is 18.1 Å². The van der Waals surface area contributed by atoms with Crippen LogP contribution in [0.5, 0.6) is 17.2 Å². The van der Waals surface area contributed by atoms with Crippen molar-refractivity contribution >= 4 is 35.4 Å². The Balaban J connectivity index is 1.19. The summed E-state index contributed by atoms with van der Waals surface area (Å²) in [5.74, 6) is -0.0671. The van der Waals surface area contributed by atoms with E-state index in [2.05, 4.69) is 41.2 Å². The number of nitrogen functional groups attached to an aromatic ring is 2. The first-order valence-corrected chi connectivity index (χ1v) is 19.2. The Morgan fingerprint density at radius 3 is 2.09 bits per heavy atom. The summed E-state index contributed by atoms with van der Waals surface area (Å²) in [5, 5.41) is 11.4. The van der Waals surface area contributed by atoms with Crippen LogP contribution in [-0.2, 0) is 27.2 Å². The van der Waals surface area contributed by atoms with E-state index in [1.165, 1.54) is 32.8 Å². The molecule has 0 bridgehead atoms. The lowest BCUT2D eigenvalue weighted by Crippen LogP contribution is -2.54. The zero-order valence-electron chi connectivity index (χ0n) is 33.5. The van der Waals surface area contributed by atoms with Crippen molar-refractivity contribution in [3.63, 3.8) is 0 Å². The monoisotopic (exact) mass is 798 g/mol. The minimum atomic E-state index is -0.952. The predicted molar refractivity (Wildman–Crippen MR) is 218 cm³/mol. The average Bonchev–Trinajstić information content (AvgIpc) is 3.21. The molecule has 2 aromatic heterocycles. The van der Waals surface area contributed by atoms with E-state index in [4.69, 9.17) is 25.7 Å². The summed E-state index contributed by atoms with van der Waals surface area (Å²) >= 11 is 0. The molecule has 8 N–H and O–H groups in total. The molecule has 4 aromatic rings. The number of hydrogen-bond acceptors (Lipinski definition) is 13. The zero-order chi connectivity index (χ0) is 41.9. The van der Waals surface area contributed by atoms with Crippen molar-refractivity contribution in [3.8, 4) is 17.2 Å². The number of amides is 4. The number of carbonyl (C=O) groups excluding carboxylic acids is 4. The van der Waals surface area contributed by atoms with E-state index in [-0.39, 0.29) is 48.2 Å². The van der Waals surface area contributed by atoms with Gasteiger partial charge in [0.1, 0.15) is 23.6 Å². The van der Waals surface area contributed by atoms with Crippen LogP contribution in [0.25, 0.3) is 0 Å². The lowest BCUT2D eigenvalue weighted by molar-refractivity contribution is -0.130. The van der Waals surface area contributed by atoms with E-state index in [9.17, 15) is 19.2 Å². The molecule has 17 heteroatoms. The van der Waals surface area contributed by atoms with Crippen LogP contribution in [0, 0.1) is 5.92 Å². The molecule has 0 aliphatic rings. The minimum Gasteiger partial charge on any atom is -0.493 e. The third-order valence-corrected chi connectivity index (χ3v) is 8.94. The highest BCUT2D eigenvalue weighted by Gasteiger charge is 2.28. The van der Waals surface area contributed by atoms with Crippen LogP contribution < -0.4 is 46.9 Å². The number of rotatable bonds is 23. The molecule has 2 atom stereocenters. The Kier molecular flexibility index (Phi) is 17.4. The van der Waals surface area contributed by atoms with Gasteiger partial charge in [0.25, 0.3) is 11.8 Å². The first-order chi connectivity index (χ1) is 28.0. The van der Waals surface area contributed by atoms with Crippen LogP contribution in [0.15, 0.2) is 67.3 Å². The summed E-state index contributed by atoms with van der Waals surface area (Å²) < 4.78 is 16.9. The lowest BCUT2D eigenvalue weighted by atomic mass is 10.0. The number of aromatic nitrogens is 4. The number of carbonyl (C=O) groups is 4. The number of nitrogens with two attached hydrogens (primary N) is 2. The second kappa shape index (κ2) is 22.9. The molecule has 0 radical (unpaired) electrons. The lowest BCUT2D eigenvalue weighted by Gasteiger charge is -2.24. The number of ether oxygens (including phenoxy) is 3. The van der Waals surface area contributed by atoms with E-state index in [0.717, 1.165) is 30.4 Å². The maximum Gasteiger partial charge on any atom is 0.272 e. The van der Waals surface area contributed by atoms with Gasteiger partial charge in [-0.15, -0.1) is 0 Å². The summed E-state index contributed by atoms with van der Waals surface area (Å²) in [4.78, 5) is 68.4. The standard InChI is InChI=1S/C41H54N10O7/c1-26(2)18-30(49-39(54)31(20-27-12-8-7-9-13-27)50-40(55)32-24-44-16-17-45-32)38(53)47-15-11-6-5-10-14-46-35(52)25-58-36-33(56-3)21-28(22-34(36)57-4)19-29-23-48-41(43)51-37(29)42/h7-9,12-13,16-17,21-24,26,30-31H,5-6,10-11,14-15,18-20,25H2,1-4H3,(H,46,52)(H,47,53)(H,49,54)(H,50,55)(H4,42,43,48,51)/t30-,31-/m0/s1. The molecular formula is C41H54N10O7. The summed E-state index contributed by atoms with van der Waals surface area (Å²) in [7, 11) is 2.99. The molecule has 2 heterocycles. The maximum atomic E-state index is 13.6. The molecule has 0 spiro atoms. The van der Waals surface area contributed by atoms with Gasteiger partial charge >= 0.3 is 0 Å². The highest BCUT2D eigenvalue weighted by atomic mass is 16.5. The van der Waals surface area contributed by atoms with Gasteiger partial charge in [0.05, 0.1) is 20.4 Å². The molecule has 4 amide bonds. The molecule has 0 aliphatic carbocycles. The third-order valence-electron chi connectivity index (χ3n) is 8.94. The van der Waals surface area contributed by atoms with Crippen molar-refractivity contribution in [1.29, 1.82) is 0 Å². The summed E-state index contributed by atoms with van der Waals surface area (Å²) in [5.41, 5.74) is 14.0. The van der Waals surface area contributed by atoms with E-state index < -0.39 is 23.9 Å². The molecule has 0 unspecified atom stereocenters. The molecule has 0 saturated carbocycles. The van der Waals surface area contributed by atoms with Crippen LogP contribution in [0.2, 0.25) is 0 Å². The number of nitrogens with zero attached hydrogens (tertiary/aromatic N) is 4. The third kappa shape index (κ3) is 14.2. The Bertz CT molecular complexity index is 1930. The molecule has 2 aromatic carbocycles. The second-order valence-electron chi connectivity index (χ2n) is 14.0. The Morgan fingerprint density at radius 1 is 0.776 bits per heavy atom. The molecule has 0 fully saturated rings. The Labute approximate surface area is 338 Å². The Morgan fingerprint density at radius 2 is 1.47 bits per heavy atom. The van der Waals surface area contributed by atoms with Gasteiger partial charge in [-0.3, -0.25) is 24.2 Å². The van der Waals surface area contributed by atoms with Crippen LogP contribution in [-0.4, -0.2) is 89.6 Å². The number of methoxy groups -OCH3 is 2. The van der Waals surface area contributed by atoms with Gasteiger partial charge in [-0.05, 0) is 48.4 Å². The number of anilines is 2. The first-order valence-electron chi connectivity index (χ1n) is 19.2. The van der Waals surface area contributed by atoms with Crippen LogP contribution in [0.1, 0.15) is 73.1 Å². The van der Waals surface area contributed by atoms with Crippen molar-refractivity contribution in [1.82, 2.24) is 41.2 Å². The SMILES string of the molecule is COc1cc(Cc2cnc(N)nc2N)cc(OC)c1OCC(=O)NCCCCCCNC(=O)[C@H](CC(C)C)NC(=O)[C@H](Cc1ccccc1)NC(=O)c1cnccn1. The van der Waals surface area contributed by atoms with Gasteiger partial charge in [-0.2, -0.15) is 4.98 Å². The molecular weight excluding hydrogens is 745 g/mol. The first kappa shape index (κ1) is 44.2. The zero-order valence-corrected chi connectivity index (χ0v) is 33.5. The normalized spacial score (nSPS) is 11.9. The van der Waals surface area contributed by atoms with E-state index in [0.29, 0.717) is 55.2 Å². The second-order valence-corrected chi connectivity index (χ2v) is 14.0. The van der Waals surface area contributed by atoms with Crippen LogP contribution >= 0.6 is 0 Å². The predicted octanol–water partition coefficient (Wildman–Crippen LogP) is 2.78. The molecule has 310 valence electrons. The molecule has 0 saturated heterocycles. The van der Waals surface area contributed by atoms with Gasteiger partial charge in [-0.25, -0.2) is 9.97 Å². The van der Waals surface area contributed by atoms with Gasteiger partial charge in [0.2, 0.25) is 23.5 Å². The number of benzene rings is 2. The van der Waals surface area contributed by atoms with E-state index in [1.807, 2.05) is 44.2 Å². The summed E-state index contributed by atoms with van der Waals surface area (Å²) in [6, 6.07) is 11.1. The smallest absolute Gasteiger partial charge is 0.272 e. The topological polar surface area (TPSA) is 248 Å². The summed E-state index contributed by atoms with van der Waals surface area (Å²) in [6.45, 7) is 4.57. The van der Waals surface area contributed by atoms with Crippen LogP contribution in [0.4, 0.5) is 11.8 Å². The summed E-state index contributed by atoms with van der Waals surface area (Å²) in [6.07, 6.45) is 9.86. The van der Waals surface area contributed by atoms with E-state index >= 15 is 0 Å². The van der Waals surface area contributed by atoms with Crippen molar-refractivity contribution in [2.24, 2.45) is 5.92 Å². The van der Waals surface area contributed by atoms with Gasteiger partial charge < -0.3 is 46.9 Å². The van der Waals surface area contributed by atoms with Crippen LogP contribution in [0.3, 0.4) is 0 Å². The maximum absolute atomic E-state index is 13.6. The highest BCUT2D eigenvalue weighted by Crippen LogP contribution is 2.39. The minimum absolute atomic E-state index is 0.0800. The molecule has 0 aliphatic heterocycles. The van der Waals surface area contributed by atoms with Crippen molar-refractivity contribution < 1.29 is 33.4 Å². The molecule has 58 heavy (non-hydrogen) atoms. The quantitative estimate of drug-likeness (QED) is 0.0592. The van der Waals surface area contributed by atoms with Gasteiger partial charge in [0, 0.05) is 50.1 Å². The molecule has 4 rings (SSSR count). The fourth-order valence-corrected chi connectivity index (χ4v) is 6.01. The van der Waals surface area contributed by atoms with E-state index in [1.54, 1.807) is 18.3 Å². The Hall–Kier alpha value is -6.52. The van der Waals surface area contributed by atoms with Crippen molar-refractivity contribution in [2.75, 3.05) is 45.4 Å². The highest BCUT2D eigenvalue weighted by molar-refractivity contribution is 5.97. The van der Waals surface area contributed by atoms with Gasteiger partial charge in [-0.1, -0.05) is 57.0 Å². The number of hydrogen-bond donors (Lipinski definition) is 6. The average molecular weight is 799 g/mol. The fraction of sp³-hybridized carbons (Fsp3) is 0.415. The largest absolute Gasteiger partial charge is 0.493 e. The van der Waals surface area contributed by atoms with Crippen molar-refractivity contribution in [3.05, 3.63) is 89.6 Å². The fourth-order valence-electron chi connectivity index (χ4n) is 6.01. The number of nitrogens with one attached hydrogen (secondary N) is 4. The van der Waals surface area contributed by atoms with Crippen molar-refractivity contribution in [2.45, 2.75) is 70.9 Å². The molecule has 17 nitrogen and oxygen atoms in total.